The molecule has 0 bridgehead atoms. The number of hydrogen-bond donors (Lipinski definition) is 1. The minimum Gasteiger partial charge on any atom is -0.494 e. The van der Waals surface area contributed by atoms with Crippen molar-refractivity contribution < 1.29 is 73.4 Å². The van der Waals surface area contributed by atoms with Crippen LogP contribution in [-0.4, -0.2) is 109 Å². The third kappa shape index (κ3) is 19.8. The number of carbonyl (C=O) groups excluding carboxylic acids is 6. The molecule has 0 spiro atoms. The van der Waals surface area contributed by atoms with Crippen molar-refractivity contribution in [2.45, 2.75) is 86.0 Å². The lowest BCUT2D eigenvalue weighted by molar-refractivity contribution is -0.229. The molecule has 4 aromatic carbocycles. The number of para-hydroxylation sites is 2. The lowest BCUT2D eigenvalue weighted by Gasteiger charge is -2.28. The minimum absolute atomic E-state index is 0. The molecule has 0 aliphatic heterocycles. The van der Waals surface area contributed by atoms with Crippen molar-refractivity contribution in [3.63, 3.8) is 0 Å². The number of ether oxygens (including phenoxy) is 2. The fourth-order valence-electron chi connectivity index (χ4n) is 8.08. The Morgan fingerprint density at radius 2 is 0.944 bits per heavy atom. The van der Waals surface area contributed by atoms with Crippen LogP contribution >= 0.6 is 79.1 Å². The number of imide groups is 1. The number of rotatable bonds is 17. The van der Waals surface area contributed by atoms with E-state index in [0.29, 0.717) is 48.2 Å². The number of carbonyl (C=O) groups is 6. The highest BCUT2D eigenvalue weighted by Gasteiger charge is 2.55. The van der Waals surface area contributed by atoms with Crippen molar-refractivity contribution in [3.05, 3.63) is 162 Å². The molecule has 2 heterocycles. The second-order valence-corrected chi connectivity index (χ2v) is 21.5. The Balaban J connectivity index is 0.000000464. The van der Waals surface area contributed by atoms with Crippen LogP contribution in [0.25, 0.3) is 0 Å². The highest BCUT2D eigenvalue weighted by Crippen LogP contribution is 2.48. The number of alkyl halides is 8. The third-order valence-corrected chi connectivity index (χ3v) is 15.0. The predicted molar refractivity (Wildman–Crippen MR) is 339 cm³/mol. The Hall–Kier alpha value is -6.48. The number of nitrogens with zero attached hydrogens (tertiary/aromatic N) is 6. The van der Waals surface area contributed by atoms with Gasteiger partial charge in [-0.15, -0.1) is 12.4 Å². The van der Waals surface area contributed by atoms with E-state index >= 15 is 0 Å². The summed E-state index contributed by atoms with van der Waals surface area (Å²) in [5.41, 5.74) is -7.34. The van der Waals surface area contributed by atoms with Crippen LogP contribution in [0.15, 0.2) is 119 Å². The molecule has 6 rings (SSSR count). The fourth-order valence-corrected chi connectivity index (χ4v) is 10.2. The topological polar surface area (TPSA) is 172 Å². The average molecular weight is 1460 g/mol. The molecule has 2 unspecified atom stereocenters. The number of amides is 5. The van der Waals surface area contributed by atoms with E-state index in [4.69, 9.17) is 44.3 Å². The summed E-state index contributed by atoms with van der Waals surface area (Å²) in [5.74, 6) is -2.61. The van der Waals surface area contributed by atoms with Crippen LogP contribution in [-0.2, 0) is 20.9 Å². The third-order valence-electron chi connectivity index (χ3n) is 13.0. The number of aromatic nitrogens is 2. The van der Waals surface area contributed by atoms with Crippen LogP contribution in [0.2, 0.25) is 10.0 Å². The second kappa shape index (κ2) is 34.6. The molecule has 5 amide bonds. The van der Waals surface area contributed by atoms with Gasteiger partial charge in [-0.25, -0.2) is 13.7 Å². The summed E-state index contributed by atoms with van der Waals surface area (Å²) in [6.07, 6.45) is -4.30. The summed E-state index contributed by atoms with van der Waals surface area (Å²) in [6, 6.07) is 18.9. The maximum absolute atomic E-state index is 14.6. The van der Waals surface area contributed by atoms with E-state index in [0.717, 1.165) is 25.1 Å². The molecule has 1 N–H and O–H groups in total. The predicted octanol–water partition coefficient (Wildman–Crippen LogP) is 16.8. The second-order valence-electron chi connectivity index (χ2n) is 18.6. The van der Waals surface area contributed by atoms with E-state index in [1.165, 1.54) is 87.2 Å². The zero-order valence-electron chi connectivity index (χ0n) is 49.7. The van der Waals surface area contributed by atoms with E-state index in [1.54, 1.807) is 55.7 Å². The zero-order valence-corrected chi connectivity index (χ0v) is 56.0. The normalized spacial score (nSPS) is 12.3. The Kier molecular flexibility index (Phi) is 30.6. The lowest BCUT2D eigenvalue weighted by Crippen LogP contribution is -2.37. The first-order valence-corrected chi connectivity index (χ1v) is 29.1. The van der Waals surface area contributed by atoms with Crippen molar-refractivity contribution in [1.29, 1.82) is 0 Å². The summed E-state index contributed by atoms with van der Waals surface area (Å²) in [6.45, 7) is 17.3. The fraction of sp³-hybridized carbons (Fsp3) is 0.333. The van der Waals surface area contributed by atoms with Gasteiger partial charge in [-0.3, -0.25) is 38.7 Å². The van der Waals surface area contributed by atoms with Gasteiger partial charge in [0.25, 0.3) is 23.0 Å². The monoisotopic (exact) mass is 1460 g/mol. The molecule has 0 radical (unpaired) electrons. The Labute approximate surface area is 548 Å². The van der Waals surface area contributed by atoms with Gasteiger partial charge in [0, 0.05) is 82.9 Å². The van der Waals surface area contributed by atoms with E-state index in [2.05, 4.69) is 72.8 Å². The number of anilines is 4. The van der Waals surface area contributed by atoms with Crippen molar-refractivity contribution in [1.82, 2.24) is 14.9 Å². The van der Waals surface area contributed by atoms with Gasteiger partial charge in [-0.1, -0.05) is 56.1 Å². The smallest absolute Gasteiger partial charge is 0.426 e. The number of halogens is 14. The molecule has 89 heavy (non-hydrogen) atoms. The highest BCUT2D eigenvalue weighted by atomic mass is 79.9. The molecule has 15 nitrogen and oxygen atoms in total. The van der Waals surface area contributed by atoms with Crippen LogP contribution in [0.1, 0.15) is 115 Å². The molecule has 0 saturated carbocycles. The molecular weight excluding hydrogens is 1400 g/mol. The zero-order chi connectivity index (χ0) is 66.8. The summed E-state index contributed by atoms with van der Waals surface area (Å²) in [4.78, 5) is 88.5. The van der Waals surface area contributed by atoms with Gasteiger partial charge in [-0.2, -0.15) is 26.3 Å². The van der Waals surface area contributed by atoms with Gasteiger partial charge in [0.15, 0.2) is 11.5 Å². The maximum Gasteiger partial charge on any atom is 0.426 e. The summed E-state index contributed by atoms with van der Waals surface area (Å²) >= 11 is 23.6. The number of hydrogen-bond acceptors (Lipinski definition) is 11. The van der Waals surface area contributed by atoms with Crippen LogP contribution in [0.3, 0.4) is 0 Å². The van der Waals surface area contributed by atoms with Crippen LogP contribution < -0.4 is 29.5 Å². The Bertz CT molecular complexity index is 3370. The van der Waals surface area contributed by atoms with Gasteiger partial charge < -0.3 is 29.5 Å². The van der Waals surface area contributed by atoms with Gasteiger partial charge in [0.1, 0.15) is 0 Å². The van der Waals surface area contributed by atoms with Crippen LogP contribution in [0.5, 0.6) is 11.5 Å². The van der Waals surface area contributed by atoms with Gasteiger partial charge in [-0.05, 0) is 164 Å². The highest BCUT2D eigenvalue weighted by molar-refractivity contribution is 9.11. The maximum atomic E-state index is 14.6. The summed E-state index contributed by atoms with van der Waals surface area (Å²) in [7, 11) is 2.71. The molecular formula is C60H63Br2Cl4F8N7O8. The van der Waals surface area contributed by atoms with Gasteiger partial charge >= 0.3 is 12.4 Å². The first-order valence-electron chi connectivity index (χ1n) is 26.4. The first-order chi connectivity index (χ1) is 41.1. The standard InChI is InChI=1S/C27H23BrClF4N3O4.C16H15ClN2O3.C11H9BrClF4NO.C6H15N.ClH/c1-5-35(24(38)16-9-11-34-12-10-16)21-8-6-7-18(23(21)40-4)25(39)36(15(2)37)22-19(28)13-17(14-20(22)29)26(3,30)27(31,32)33;1-3-19(16(21)11-7-9-18-10-8-11)13-6-4-5-12(15(17)20)14(13)22-2;1-5(19)18-9-7(12)3-6(4-8(9)13)10(2,14)11(15,16)17;1-4-7(5-2)6-3;/h6-14H,5H2,1-4H3;4-10H,3H2,1-2H3;3-4H,1-2H3,(H,18,19);4-6H2,1-3H3;1H. The lowest BCUT2D eigenvalue weighted by atomic mass is 9.96. The van der Waals surface area contributed by atoms with E-state index in [1.807, 2.05) is 6.92 Å². The van der Waals surface area contributed by atoms with Crippen molar-refractivity contribution in [3.8, 4) is 11.5 Å². The average Bonchev–Trinajstić information content (AvgIpc) is 1.07. The Morgan fingerprint density at radius 3 is 1.26 bits per heavy atom. The molecule has 0 saturated heterocycles. The summed E-state index contributed by atoms with van der Waals surface area (Å²) < 4.78 is 117. The molecule has 0 fully saturated rings. The van der Waals surface area contributed by atoms with Gasteiger partial charge in [0.2, 0.25) is 23.2 Å². The number of pyridine rings is 2. The minimum atomic E-state index is -5.25. The van der Waals surface area contributed by atoms with E-state index < -0.39 is 68.7 Å². The van der Waals surface area contributed by atoms with E-state index in [-0.39, 0.29) is 78.5 Å². The number of benzene rings is 4. The SMILES string of the molecule is CC(=O)Nc1c(Cl)cc(C(C)(F)C(F)(F)F)cc1Br.CCN(C(=O)c1ccncc1)c1cccc(C(=O)Cl)c1OC.CCN(C(=O)c1ccncc1)c1cccc(C(=O)N(C(C)=O)c2c(Cl)cc(C(C)(F)C(F)(F)F)cc2Br)c1OC.CCN(CC)CC.Cl. The van der Waals surface area contributed by atoms with Crippen molar-refractivity contribution in [2.24, 2.45) is 0 Å². The molecule has 29 heteroatoms. The number of methoxy groups -OCH3 is 2. The quantitative estimate of drug-likeness (QED) is 0.0680. The van der Waals surface area contributed by atoms with E-state index in [9.17, 15) is 63.9 Å². The molecule has 2 aromatic heterocycles. The number of nitrogens with one attached hydrogen (secondary N) is 1. The molecule has 6 aromatic rings. The van der Waals surface area contributed by atoms with Crippen LogP contribution in [0.4, 0.5) is 57.9 Å². The van der Waals surface area contributed by atoms with Crippen molar-refractivity contribution >= 4 is 137 Å². The molecule has 484 valence electrons. The Morgan fingerprint density at radius 1 is 0.562 bits per heavy atom. The van der Waals surface area contributed by atoms with Crippen LogP contribution in [0, 0.1) is 0 Å². The molecule has 0 aliphatic rings. The summed E-state index contributed by atoms with van der Waals surface area (Å²) in [5, 5.41) is 1.03. The van der Waals surface area contributed by atoms with Crippen molar-refractivity contribution in [2.75, 3.05) is 67.0 Å². The van der Waals surface area contributed by atoms with Gasteiger partial charge in [0.05, 0.1) is 58.1 Å². The molecule has 2 atom stereocenters. The molecule has 0 aliphatic carbocycles. The largest absolute Gasteiger partial charge is 0.494 e. The first kappa shape index (κ1) is 78.6.